The number of hydrogen-bond acceptors (Lipinski definition) is 6. The maximum absolute atomic E-state index is 15.1. The standard InChI is InChI=1S/C27H30BF2N3O3S/c1-6-11-37-33-21-10-8-19(29)22(23(21)30)24(34)15-7-9-20-17(12-15)18-13-16(14-31-25(18)32-20)28-36-27(4,5)26(2,3)35/h7-10,12-14,28,33,35H,6,11H2,1-5H3,(H,31,32). The summed E-state index contributed by atoms with van der Waals surface area (Å²) in [5.74, 6) is -1.82. The Morgan fingerprint density at radius 2 is 1.92 bits per heavy atom. The van der Waals surface area contributed by atoms with Crippen LogP contribution in [-0.2, 0) is 4.65 Å². The third kappa shape index (κ3) is 5.51. The summed E-state index contributed by atoms with van der Waals surface area (Å²) in [6, 6.07) is 9.15. The number of nitrogens with zero attached hydrogens (tertiary/aromatic N) is 1. The van der Waals surface area contributed by atoms with Crippen LogP contribution in [0.1, 0.15) is 57.0 Å². The number of carbonyl (C=O) groups excluding carboxylic acids is 1. The van der Waals surface area contributed by atoms with Gasteiger partial charge in [-0.15, -0.1) is 0 Å². The highest BCUT2D eigenvalue weighted by Gasteiger charge is 2.35. The van der Waals surface area contributed by atoms with Crippen molar-refractivity contribution in [3.05, 3.63) is 65.4 Å². The Morgan fingerprint density at radius 1 is 1.16 bits per heavy atom. The van der Waals surface area contributed by atoms with E-state index in [1.807, 2.05) is 26.8 Å². The van der Waals surface area contributed by atoms with Crippen molar-refractivity contribution >= 4 is 58.3 Å². The maximum Gasteiger partial charge on any atom is 0.311 e. The van der Waals surface area contributed by atoms with Gasteiger partial charge in [0.2, 0.25) is 0 Å². The van der Waals surface area contributed by atoms with Gasteiger partial charge in [-0.25, -0.2) is 13.8 Å². The van der Waals surface area contributed by atoms with Gasteiger partial charge in [-0.2, -0.15) is 0 Å². The number of nitrogens with one attached hydrogen (secondary N) is 2. The van der Waals surface area contributed by atoms with Crippen LogP contribution in [0, 0.1) is 11.6 Å². The molecule has 2 aromatic carbocycles. The van der Waals surface area contributed by atoms with Crippen LogP contribution in [0.25, 0.3) is 21.9 Å². The number of ketones is 1. The number of halogens is 2. The van der Waals surface area contributed by atoms with Crippen molar-refractivity contribution in [1.29, 1.82) is 0 Å². The number of carbonyl (C=O) groups is 1. The first-order chi connectivity index (χ1) is 17.4. The molecule has 0 bridgehead atoms. The molecule has 0 spiro atoms. The van der Waals surface area contributed by atoms with Gasteiger partial charge in [0.25, 0.3) is 0 Å². The van der Waals surface area contributed by atoms with Crippen LogP contribution in [0.5, 0.6) is 0 Å². The molecular weight excluding hydrogens is 495 g/mol. The minimum atomic E-state index is -1.05. The number of rotatable bonds is 10. The van der Waals surface area contributed by atoms with Crippen LogP contribution in [-0.4, -0.2) is 45.3 Å². The lowest BCUT2D eigenvalue weighted by Crippen LogP contribution is -2.49. The average molecular weight is 525 g/mol. The Bertz CT molecular complexity index is 1470. The van der Waals surface area contributed by atoms with E-state index in [2.05, 4.69) is 14.7 Å². The molecule has 4 rings (SSSR count). The number of aromatic amines is 1. The molecule has 0 amide bonds. The van der Waals surface area contributed by atoms with Gasteiger partial charge in [0, 0.05) is 33.8 Å². The zero-order chi connectivity index (χ0) is 27.0. The first-order valence-corrected chi connectivity index (χ1v) is 13.1. The van der Waals surface area contributed by atoms with E-state index < -0.39 is 34.2 Å². The van der Waals surface area contributed by atoms with Crippen molar-refractivity contribution in [3.63, 3.8) is 0 Å². The van der Waals surface area contributed by atoms with Crippen LogP contribution >= 0.6 is 11.9 Å². The number of hydrogen-bond donors (Lipinski definition) is 3. The summed E-state index contributed by atoms with van der Waals surface area (Å²) in [4.78, 5) is 20.9. The molecule has 194 valence electrons. The fourth-order valence-electron chi connectivity index (χ4n) is 3.69. The monoisotopic (exact) mass is 525 g/mol. The van der Waals surface area contributed by atoms with E-state index >= 15 is 4.39 Å². The second kappa shape index (κ2) is 10.4. The van der Waals surface area contributed by atoms with E-state index in [1.165, 1.54) is 18.0 Å². The molecule has 0 radical (unpaired) electrons. The molecule has 0 fully saturated rings. The van der Waals surface area contributed by atoms with Crippen molar-refractivity contribution in [3.8, 4) is 0 Å². The summed E-state index contributed by atoms with van der Waals surface area (Å²) in [6.45, 7) is 9.00. The summed E-state index contributed by atoms with van der Waals surface area (Å²) < 4.78 is 38.6. The Morgan fingerprint density at radius 3 is 2.62 bits per heavy atom. The maximum atomic E-state index is 15.1. The van der Waals surface area contributed by atoms with Gasteiger partial charge in [0.05, 0.1) is 22.5 Å². The highest BCUT2D eigenvalue weighted by Crippen LogP contribution is 2.29. The van der Waals surface area contributed by atoms with Gasteiger partial charge in [-0.3, -0.25) is 4.79 Å². The number of anilines is 1. The lowest BCUT2D eigenvalue weighted by Gasteiger charge is -2.37. The molecule has 0 aliphatic rings. The SMILES string of the molecule is CCCSNc1ccc(F)c(C(=O)c2ccc3[nH]c4ncc(BOC(C)(C)C(C)(C)O)cc4c3c2)c1F. The Balaban J connectivity index is 1.68. The topological polar surface area (TPSA) is 87.2 Å². The minimum Gasteiger partial charge on any atom is -0.427 e. The minimum absolute atomic E-state index is 0.0687. The lowest BCUT2D eigenvalue weighted by molar-refractivity contribution is -0.0893. The van der Waals surface area contributed by atoms with Crippen molar-refractivity contribution in [2.24, 2.45) is 0 Å². The second-order valence-electron chi connectivity index (χ2n) is 10.0. The van der Waals surface area contributed by atoms with Crippen molar-refractivity contribution < 1.29 is 23.3 Å². The summed E-state index contributed by atoms with van der Waals surface area (Å²) >= 11 is 1.30. The molecule has 3 N–H and O–H groups in total. The van der Waals surface area contributed by atoms with Crippen LogP contribution in [0.2, 0.25) is 0 Å². The number of fused-ring (bicyclic) bond motifs is 3. The van der Waals surface area contributed by atoms with Gasteiger partial charge in [0.1, 0.15) is 11.5 Å². The van der Waals surface area contributed by atoms with Crippen LogP contribution in [0.4, 0.5) is 14.5 Å². The summed E-state index contributed by atoms with van der Waals surface area (Å²) in [7, 11) is 0.220. The normalized spacial score (nSPS) is 12.3. The first kappa shape index (κ1) is 27.1. The molecule has 0 saturated heterocycles. The molecule has 37 heavy (non-hydrogen) atoms. The fourth-order valence-corrected chi connectivity index (χ4v) is 4.31. The first-order valence-electron chi connectivity index (χ1n) is 12.1. The van der Waals surface area contributed by atoms with E-state index in [0.29, 0.717) is 11.0 Å². The van der Waals surface area contributed by atoms with E-state index in [1.54, 1.807) is 38.2 Å². The van der Waals surface area contributed by atoms with Crippen molar-refractivity contribution in [2.75, 3.05) is 10.5 Å². The number of aromatic nitrogens is 2. The van der Waals surface area contributed by atoms with E-state index in [9.17, 15) is 14.3 Å². The molecule has 2 aromatic heterocycles. The largest absolute Gasteiger partial charge is 0.427 e. The van der Waals surface area contributed by atoms with E-state index in [-0.39, 0.29) is 18.7 Å². The van der Waals surface area contributed by atoms with Gasteiger partial charge in [-0.1, -0.05) is 24.9 Å². The third-order valence-electron chi connectivity index (χ3n) is 6.65. The molecule has 0 aliphatic carbocycles. The van der Waals surface area contributed by atoms with Crippen LogP contribution in [0.15, 0.2) is 42.6 Å². The summed E-state index contributed by atoms with van der Waals surface area (Å²) in [6.07, 6.45) is 2.57. The molecule has 0 atom stereocenters. The molecule has 10 heteroatoms. The smallest absolute Gasteiger partial charge is 0.311 e. The molecule has 0 aliphatic heterocycles. The molecule has 0 saturated carbocycles. The molecular formula is C27H30BF2N3O3S. The Kier molecular flexibility index (Phi) is 7.64. The van der Waals surface area contributed by atoms with Crippen LogP contribution in [0.3, 0.4) is 0 Å². The molecule has 0 unspecified atom stereocenters. The fraction of sp³-hybridized carbons (Fsp3) is 0.333. The average Bonchev–Trinajstić information content (AvgIpc) is 3.20. The van der Waals surface area contributed by atoms with Crippen LogP contribution < -0.4 is 10.2 Å². The zero-order valence-electron chi connectivity index (χ0n) is 21.5. The lowest BCUT2D eigenvalue weighted by atomic mass is 9.83. The number of H-pyrrole nitrogens is 1. The number of pyridine rings is 1. The Labute approximate surface area is 219 Å². The van der Waals surface area contributed by atoms with Gasteiger partial charge < -0.3 is 19.5 Å². The van der Waals surface area contributed by atoms with E-state index in [4.69, 9.17) is 4.65 Å². The highest BCUT2D eigenvalue weighted by molar-refractivity contribution is 8.00. The number of benzene rings is 2. The van der Waals surface area contributed by atoms with Crippen molar-refractivity contribution in [2.45, 2.75) is 52.2 Å². The highest BCUT2D eigenvalue weighted by atomic mass is 32.2. The number of aliphatic hydroxyl groups is 1. The van der Waals surface area contributed by atoms with E-state index in [0.717, 1.165) is 34.6 Å². The molecule has 2 heterocycles. The molecule has 6 nitrogen and oxygen atoms in total. The summed E-state index contributed by atoms with van der Waals surface area (Å²) in [5.41, 5.74) is -0.0808. The second-order valence-corrected chi connectivity index (χ2v) is 10.9. The quantitative estimate of drug-likeness (QED) is 0.114. The summed E-state index contributed by atoms with van der Waals surface area (Å²) in [5, 5.41) is 11.8. The van der Waals surface area contributed by atoms with Crippen molar-refractivity contribution in [1.82, 2.24) is 9.97 Å². The predicted octanol–water partition coefficient (Wildman–Crippen LogP) is 5.24. The van der Waals surface area contributed by atoms with Gasteiger partial charge >= 0.3 is 7.48 Å². The molecule has 4 aromatic rings. The zero-order valence-corrected chi connectivity index (χ0v) is 22.4. The third-order valence-corrected chi connectivity index (χ3v) is 7.63. The van der Waals surface area contributed by atoms with Gasteiger partial charge in [-0.05, 0) is 69.9 Å². The van der Waals surface area contributed by atoms with Gasteiger partial charge in [0.15, 0.2) is 11.6 Å². The predicted molar refractivity (Wildman–Crippen MR) is 148 cm³/mol. The Hall–Kier alpha value is -2.95.